The van der Waals surface area contributed by atoms with Gasteiger partial charge < -0.3 is 10.1 Å². The number of halogens is 1. The molecule has 0 radical (unpaired) electrons. The quantitative estimate of drug-likeness (QED) is 0.668. The van der Waals surface area contributed by atoms with Crippen molar-refractivity contribution in [2.24, 2.45) is 0 Å². The lowest BCUT2D eigenvalue weighted by molar-refractivity contribution is 0.0940. The molecule has 0 saturated heterocycles. The van der Waals surface area contributed by atoms with Gasteiger partial charge in [0.1, 0.15) is 5.75 Å². The van der Waals surface area contributed by atoms with Crippen LogP contribution in [-0.2, 0) is 0 Å². The third-order valence-corrected chi connectivity index (χ3v) is 4.47. The van der Waals surface area contributed by atoms with E-state index >= 15 is 0 Å². The summed E-state index contributed by atoms with van der Waals surface area (Å²) < 4.78 is 18.6. The van der Waals surface area contributed by atoms with Gasteiger partial charge in [-0.2, -0.15) is 4.39 Å². The van der Waals surface area contributed by atoms with Crippen LogP contribution in [0.3, 0.4) is 0 Å². The first-order valence-corrected chi connectivity index (χ1v) is 8.65. The first-order valence-electron chi connectivity index (χ1n) is 8.65. The summed E-state index contributed by atoms with van der Waals surface area (Å²) in [6, 6.07) is 15.9. The Labute approximate surface area is 158 Å². The highest BCUT2D eigenvalue weighted by molar-refractivity contribution is 5.95. The van der Waals surface area contributed by atoms with Crippen molar-refractivity contribution in [3.05, 3.63) is 83.4 Å². The molecule has 1 heterocycles. The van der Waals surface area contributed by atoms with Gasteiger partial charge in [0.05, 0.1) is 13.2 Å². The van der Waals surface area contributed by atoms with Crippen molar-refractivity contribution in [3.63, 3.8) is 0 Å². The van der Waals surface area contributed by atoms with Gasteiger partial charge in [0.15, 0.2) is 0 Å². The maximum absolute atomic E-state index is 13.4. The molecule has 1 amide bonds. The summed E-state index contributed by atoms with van der Waals surface area (Å²) in [7, 11) is 1.61. The summed E-state index contributed by atoms with van der Waals surface area (Å²) in [5.74, 6) is 0.0527. The van der Waals surface area contributed by atoms with Crippen LogP contribution in [0.1, 0.15) is 34.5 Å². The number of benzene rings is 2. The van der Waals surface area contributed by atoms with Crippen molar-refractivity contribution in [1.82, 2.24) is 10.3 Å². The van der Waals surface area contributed by atoms with Gasteiger partial charge in [-0.3, -0.25) is 4.79 Å². The van der Waals surface area contributed by atoms with E-state index in [0.29, 0.717) is 5.56 Å². The van der Waals surface area contributed by atoms with Crippen LogP contribution in [0.25, 0.3) is 11.1 Å². The van der Waals surface area contributed by atoms with Crippen molar-refractivity contribution < 1.29 is 13.9 Å². The van der Waals surface area contributed by atoms with E-state index < -0.39 is 5.95 Å². The van der Waals surface area contributed by atoms with Crippen LogP contribution in [0, 0.1) is 12.9 Å². The zero-order valence-corrected chi connectivity index (χ0v) is 15.5. The second-order valence-corrected chi connectivity index (χ2v) is 6.37. The van der Waals surface area contributed by atoms with Crippen LogP contribution < -0.4 is 10.1 Å². The lowest BCUT2D eigenvalue weighted by Gasteiger charge is -2.15. The predicted octanol–water partition coefficient (Wildman–Crippen LogP) is 4.70. The normalized spacial score (nSPS) is 11.7. The van der Waals surface area contributed by atoms with Crippen molar-refractivity contribution >= 4 is 5.91 Å². The van der Waals surface area contributed by atoms with Gasteiger partial charge in [-0.1, -0.05) is 24.3 Å². The number of carbonyl (C=O) groups is 1. The molecule has 4 nitrogen and oxygen atoms in total. The van der Waals surface area contributed by atoms with Gasteiger partial charge in [0.25, 0.3) is 5.91 Å². The van der Waals surface area contributed by atoms with Gasteiger partial charge >= 0.3 is 0 Å². The molecule has 27 heavy (non-hydrogen) atoms. The SMILES string of the molecule is COc1cccc([C@@H](C)NC(=O)c2ccc(-c3cc(F)ncc3C)cc2)c1. The fourth-order valence-corrected chi connectivity index (χ4v) is 2.88. The minimum absolute atomic E-state index is 0.163. The molecule has 5 heteroatoms. The Morgan fingerprint density at radius 3 is 2.59 bits per heavy atom. The maximum atomic E-state index is 13.4. The minimum Gasteiger partial charge on any atom is -0.497 e. The highest BCUT2D eigenvalue weighted by atomic mass is 19.1. The number of rotatable bonds is 5. The number of hydrogen-bond acceptors (Lipinski definition) is 3. The molecule has 138 valence electrons. The molecule has 1 atom stereocenters. The van der Waals surface area contributed by atoms with Crippen LogP contribution in [0.5, 0.6) is 5.75 Å². The molecule has 0 saturated carbocycles. The van der Waals surface area contributed by atoms with E-state index in [0.717, 1.165) is 28.0 Å². The van der Waals surface area contributed by atoms with E-state index in [4.69, 9.17) is 4.74 Å². The van der Waals surface area contributed by atoms with Gasteiger partial charge in [-0.25, -0.2) is 4.98 Å². The monoisotopic (exact) mass is 364 g/mol. The van der Waals surface area contributed by atoms with Crippen LogP contribution in [0.15, 0.2) is 60.8 Å². The average molecular weight is 364 g/mol. The largest absolute Gasteiger partial charge is 0.497 e. The van der Waals surface area contributed by atoms with E-state index in [9.17, 15) is 9.18 Å². The van der Waals surface area contributed by atoms with Crippen molar-refractivity contribution in [3.8, 4) is 16.9 Å². The smallest absolute Gasteiger partial charge is 0.251 e. The Bertz CT molecular complexity index is 955. The zero-order valence-electron chi connectivity index (χ0n) is 15.5. The molecule has 3 rings (SSSR count). The number of hydrogen-bond donors (Lipinski definition) is 1. The van der Waals surface area contributed by atoms with Gasteiger partial charge in [0.2, 0.25) is 5.95 Å². The van der Waals surface area contributed by atoms with Crippen LogP contribution in [-0.4, -0.2) is 18.0 Å². The molecule has 0 aliphatic carbocycles. The zero-order chi connectivity index (χ0) is 19.4. The lowest BCUT2D eigenvalue weighted by atomic mass is 10.0. The maximum Gasteiger partial charge on any atom is 0.251 e. The highest BCUT2D eigenvalue weighted by Gasteiger charge is 2.13. The number of aryl methyl sites for hydroxylation is 1. The number of carbonyl (C=O) groups excluding carboxylic acids is 1. The number of amides is 1. The van der Waals surface area contributed by atoms with Gasteiger partial charge in [-0.05, 0) is 60.4 Å². The fourth-order valence-electron chi connectivity index (χ4n) is 2.88. The van der Waals surface area contributed by atoms with E-state index in [1.165, 1.54) is 12.3 Å². The third-order valence-electron chi connectivity index (χ3n) is 4.47. The number of aromatic nitrogens is 1. The van der Waals surface area contributed by atoms with Crippen molar-refractivity contribution in [2.75, 3.05) is 7.11 Å². The first kappa shape index (κ1) is 18.6. The van der Waals surface area contributed by atoms with Crippen LogP contribution >= 0.6 is 0 Å². The molecule has 0 aliphatic rings. The summed E-state index contributed by atoms with van der Waals surface area (Å²) in [6.45, 7) is 3.79. The number of ether oxygens (including phenoxy) is 1. The molecule has 0 fully saturated rings. The Morgan fingerprint density at radius 1 is 1.15 bits per heavy atom. The lowest BCUT2D eigenvalue weighted by Crippen LogP contribution is -2.26. The van der Waals surface area contributed by atoms with E-state index in [2.05, 4.69) is 10.3 Å². The van der Waals surface area contributed by atoms with Gasteiger partial charge in [0, 0.05) is 17.8 Å². The molecular weight excluding hydrogens is 343 g/mol. The molecule has 2 aromatic carbocycles. The minimum atomic E-state index is -0.524. The van der Waals surface area contributed by atoms with Gasteiger partial charge in [-0.15, -0.1) is 0 Å². The molecular formula is C22H21FN2O2. The predicted molar refractivity (Wildman–Crippen MR) is 103 cm³/mol. The second-order valence-electron chi connectivity index (χ2n) is 6.37. The van der Waals surface area contributed by atoms with Crippen molar-refractivity contribution in [1.29, 1.82) is 0 Å². The van der Waals surface area contributed by atoms with E-state index in [1.807, 2.05) is 50.2 Å². The molecule has 0 aliphatic heterocycles. The van der Waals surface area contributed by atoms with Crippen molar-refractivity contribution in [2.45, 2.75) is 19.9 Å². The molecule has 3 aromatic rings. The summed E-state index contributed by atoms with van der Waals surface area (Å²) in [6.07, 6.45) is 1.50. The molecule has 0 spiro atoms. The summed E-state index contributed by atoms with van der Waals surface area (Å²) in [5.41, 5.74) is 3.98. The second kappa shape index (κ2) is 7.99. The molecule has 1 N–H and O–H groups in total. The number of nitrogens with zero attached hydrogens (tertiary/aromatic N) is 1. The molecule has 0 unspecified atom stereocenters. The molecule has 1 aromatic heterocycles. The standard InChI is InChI=1S/C22H21FN2O2/c1-14-13-24-21(23)12-20(14)16-7-9-17(10-8-16)22(26)25-15(2)18-5-4-6-19(11-18)27-3/h4-13,15H,1-3H3,(H,25,26)/t15-/m1/s1. The number of methoxy groups -OCH3 is 1. The Balaban J connectivity index is 1.74. The fraction of sp³-hybridized carbons (Fsp3) is 0.182. The first-order chi connectivity index (χ1) is 13.0. The van der Waals surface area contributed by atoms with Crippen LogP contribution in [0.2, 0.25) is 0 Å². The number of pyridine rings is 1. The Kier molecular flexibility index (Phi) is 5.50. The summed E-state index contributed by atoms with van der Waals surface area (Å²) in [4.78, 5) is 16.2. The average Bonchev–Trinajstić information content (AvgIpc) is 2.70. The molecule has 0 bridgehead atoms. The topological polar surface area (TPSA) is 51.2 Å². The third kappa shape index (κ3) is 4.31. The summed E-state index contributed by atoms with van der Waals surface area (Å²) in [5, 5.41) is 2.98. The Morgan fingerprint density at radius 2 is 1.89 bits per heavy atom. The number of nitrogens with one attached hydrogen (secondary N) is 1. The van der Waals surface area contributed by atoms with Crippen LogP contribution in [0.4, 0.5) is 4.39 Å². The highest BCUT2D eigenvalue weighted by Crippen LogP contribution is 2.24. The van der Waals surface area contributed by atoms with E-state index in [-0.39, 0.29) is 11.9 Å². The summed E-state index contributed by atoms with van der Waals surface area (Å²) >= 11 is 0. The van der Waals surface area contributed by atoms with E-state index in [1.54, 1.807) is 19.2 Å². The Hall–Kier alpha value is -3.21.